The zero-order valence-electron chi connectivity index (χ0n) is 17.9. The maximum absolute atomic E-state index is 13.0. The first-order valence-electron chi connectivity index (χ1n) is 9.99. The third-order valence-electron chi connectivity index (χ3n) is 4.81. The number of rotatable bonds is 5. The van der Waals surface area contributed by atoms with E-state index in [0.717, 1.165) is 14.4 Å². The Balaban J connectivity index is 1.97. The van der Waals surface area contributed by atoms with Crippen LogP contribution in [0.15, 0.2) is 119 Å². The summed E-state index contributed by atoms with van der Waals surface area (Å²) in [6.07, 6.45) is 0. The minimum Gasteiger partial charge on any atom is -0.279 e. The van der Waals surface area contributed by atoms with Crippen molar-refractivity contribution in [3.05, 3.63) is 111 Å². The molecule has 0 saturated heterocycles. The molecule has 166 valence electrons. The minimum atomic E-state index is -0.799. The zero-order chi connectivity index (χ0) is 23.4. The molecule has 1 aromatic heterocycles. The van der Waals surface area contributed by atoms with E-state index in [4.69, 9.17) is 16.0 Å². The van der Waals surface area contributed by atoms with E-state index in [1.54, 1.807) is 31.3 Å². The highest BCUT2D eigenvalue weighted by Gasteiger charge is 2.17. The van der Waals surface area contributed by atoms with E-state index in [1.165, 1.54) is 11.6 Å². The molecule has 0 aliphatic heterocycles. The Morgan fingerprint density at radius 1 is 0.727 bits per heavy atom. The topological polar surface area (TPSA) is 81.1 Å². The van der Waals surface area contributed by atoms with Gasteiger partial charge in [0.05, 0.1) is 5.69 Å². The molecule has 7 nitrogen and oxygen atoms in total. The van der Waals surface area contributed by atoms with Gasteiger partial charge in [-0.2, -0.15) is 9.48 Å². The Bertz CT molecular complexity index is 1420. The van der Waals surface area contributed by atoms with E-state index in [0.29, 0.717) is 10.7 Å². The number of azo groups is 1. The van der Waals surface area contributed by atoms with Crippen LogP contribution in [0.4, 0.5) is 17.2 Å². The molecule has 0 N–H and O–H groups in total. The normalized spacial score (nSPS) is 11.3. The van der Waals surface area contributed by atoms with Crippen LogP contribution in [0.3, 0.4) is 0 Å². The molecule has 4 rings (SSSR count). The predicted molar refractivity (Wildman–Crippen MR) is 131 cm³/mol. The summed E-state index contributed by atoms with van der Waals surface area (Å²) in [5.74, 6) is 0.164. The summed E-state index contributed by atoms with van der Waals surface area (Å²) in [7, 11) is 2.18. The van der Waals surface area contributed by atoms with Crippen LogP contribution in [0.2, 0.25) is 5.02 Å². The van der Waals surface area contributed by atoms with Crippen LogP contribution in [0, 0.1) is 0 Å². The summed E-state index contributed by atoms with van der Waals surface area (Å²) in [6, 6.07) is 26.2. The Morgan fingerprint density at radius 2 is 1.27 bits per heavy atom. The van der Waals surface area contributed by atoms with Crippen LogP contribution in [-0.4, -0.2) is 9.13 Å². The molecule has 0 spiro atoms. The number of benzene rings is 3. The van der Waals surface area contributed by atoms with E-state index in [-0.39, 0.29) is 11.5 Å². The molecule has 0 saturated carbocycles. The van der Waals surface area contributed by atoms with Crippen molar-refractivity contribution in [2.24, 2.45) is 28.7 Å². The van der Waals surface area contributed by atoms with Gasteiger partial charge in [-0.3, -0.25) is 13.9 Å². The molecular formula is C24H20ClN5O2S. The van der Waals surface area contributed by atoms with E-state index in [2.05, 4.69) is 10.2 Å². The second kappa shape index (κ2) is 9.89. The Labute approximate surface area is 197 Å². The third-order valence-corrected chi connectivity index (χ3v) is 6.86. The molecule has 0 atom stereocenters. The second-order valence-corrected chi connectivity index (χ2v) is 9.19. The van der Waals surface area contributed by atoms with Crippen molar-refractivity contribution in [3.63, 3.8) is 0 Å². The largest absolute Gasteiger partial charge is 0.332 e. The highest BCUT2D eigenvalue weighted by molar-refractivity contribution is 7.87. The molecule has 0 bridgehead atoms. The maximum Gasteiger partial charge on any atom is 0.332 e. The molecule has 1 heterocycles. The summed E-state index contributed by atoms with van der Waals surface area (Å²) < 4.78 is 7.21. The molecule has 9 heteroatoms. The Morgan fingerprint density at radius 3 is 1.82 bits per heavy atom. The zero-order valence-corrected chi connectivity index (χ0v) is 19.5. The number of aromatic nitrogens is 2. The van der Waals surface area contributed by atoms with Crippen LogP contribution in [0.25, 0.3) is 0 Å². The Hall–Kier alpha value is -3.62. The minimum absolute atomic E-state index is 0.0149. The van der Waals surface area contributed by atoms with E-state index in [9.17, 15) is 9.59 Å². The fourth-order valence-electron chi connectivity index (χ4n) is 3.05. The fraction of sp³-hybridized carbons (Fsp3) is 0.0833. The van der Waals surface area contributed by atoms with Crippen molar-refractivity contribution in [3.8, 4) is 0 Å². The average molecular weight is 478 g/mol. The van der Waals surface area contributed by atoms with Crippen LogP contribution in [-0.2, 0) is 24.8 Å². The summed E-state index contributed by atoms with van der Waals surface area (Å²) in [5, 5.41) is 8.96. The van der Waals surface area contributed by atoms with Crippen molar-refractivity contribution in [1.29, 1.82) is 0 Å². The lowest BCUT2D eigenvalue weighted by Crippen LogP contribution is -2.36. The smallest absolute Gasteiger partial charge is 0.279 e. The van der Waals surface area contributed by atoms with Gasteiger partial charge in [-0.05, 0) is 59.2 Å². The van der Waals surface area contributed by atoms with Crippen molar-refractivity contribution >= 4 is 39.5 Å². The van der Waals surface area contributed by atoms with E-state index < -0.39 is 21.9 Å². The third kappa shape index (κ3) is 4.92. The predicted octanol–water partition coefficient (Wildman–Crippen LogP) is 5.70. The van der Waals surface area contributed by atoms with Crippen LogP contribution >= 0.6 is 11.6 Å². The number of nitrogens with zero attached hydrogens (tertiary/aromatic N) is 5. The van der Waals surface area contributed by atoms with Crippen molar-refractivity contribution in [2.75, 3.05) is 0 Å². The van der Waals surface area contributed by atoms with Gasteiger partial charge in [-0.1, -0.05) is 48.0 Å². The highest BCUT2D eigenvalue weighted by atomic mass is 35.5. The molecule has 3 aromatic carbocycles. The molecule has 0 fully saturated rings. The number of hydrogen-bond donors (Lipinski definition) is 0. The van der Waals surface area contributed by atoms with Gasteiger partial charge in [0.25, 0.3) is 5.56 Å². The number of halogens is 1. The SMILES string of the molecule is Cn1c(N=S(c2ccccc2)c2ccccc2)c(N=Nc2ccc(Cl)cc2)c(=O)n(C)c1=O. The highest BCUT2D eigenvalue weighted by Crippen LogP contribution is 2.29. The molecule has 0 radical (unpaired) electrons. The average Bonchev–Trinajstić information content (AvgIpc) is 2.85. The Kier molecular flexibility index (Phi) is 6.76. The van der Waals surface area contributed by atoms with Gasteiger partial charge in [0.1, 0.15) is 0 Å². The molecule has 4 aromatic rings. The molecule has 0 aliphatic carbocycles. The molecule has 0 unspecified atom stereocenters. The van der Waals surface area contributed by atoms with E-state index in [1.807, 2.05) is 60.7 Å². The van der Waals surface area contributed by atoms with Gasteiger partial charge in [0, 0.05) is 28.9 Å². The van der Waals surface area contributed by atoms with Crippen LogP contribution < -0.4 is 11.2 Å². The first-order valence-corrected chi connectivity index (χ1v) is 11.6. The lowest BCUT2D eigenvalue weighted by Gasteiger charge is -2.13. The summed E-state index contributed by atoms with van der Waals surface area (Å²) in [6.45, 7) is 0. The summed E-state index contributed by atoms with van der Waals surface area (Å²) in [5.41, 5.74) is -0.557. The summed E-state index contributed by atoms with van der Waals surface area (Å²) in [4.78, 5) is 27.6. The van der Waals surface area contributed by atoms with Crippen LogP contribution in [0.1, 0.15) is 0 Å². The first kappa shape index (κ1) is 22.6. The quantitative estimate of drug-likeness (QED) is 0.345. The first-order chi connectivity index (χ1) is 16.0. The van der Waals surface area contributed by atoms with Gasteiger partial charge < -0.3 is 0 Å². The lowest BCUT2D eigenvalue weighted by atomic mass is 10.3. The van der Waals surface area contributed by atoms with E-state index >= 15 is 0 Å². The van der Waals surface area contributed by atoms with Gasteiger partial charge in [-0.15, -0.1) is 5.11 Å². The number of hydrogen-bond acceptors (Lipinski definition) is 5. The molecule has 33 heavy (non-hydrogen) atoms. The van der Waals surface area contributed by atoms with Crippen molar-refractivity contribution in [1.82, 2.24) is 9.13 Å². The van der Waals surface area contributed by atoms with Gasteiger partial charge in [0.15, 0.2) is 11.5 Å². The monoisotopic (exact) mass is 477 g/mol. The fourth-order valence-corrected chi connectivity index (χ4v) is 4.87. The standard InChI is InChI=1S/C24H20ClN5O2S/c1-29-22(28-33(19-9-5-3-6-10-19)20-11-7-4-8-12-20)21(23(31)30(2)24(29)32)27-26-18-15-13-17(25)14-16-18/h3-16H,1-2H3. The maximum atomic E-state index is 13.0. The van der Waals surface area contributed by atoms with Gasteiger partial charge >= 0.3 is 5.69 Å². The van der Waals surface area contributed by atoms with Gasteiger partial charge in [0.2, 0.25) is 0 Å². The molecular weight excluding hydrogens is 458 g/mol. The molecule has 0 amide bonds. The summed E-state index contributed by atoms with van der Waals surface area (Å²) >= 11 is 5.93. The van der Waals surface area contributed by atoms with Crippen molar-refractivity contribution < 1.29 is 0 Å². The van der Waals surface area contributed by atoms with Crippen LogP contribution in [0.5, 0.6) is 0 Å². The second-order valence-electron chi connectivity index (χ2n) is 7.06. The van der Waals surface area contributed by atoms with Gasteiger partial charge in [-0.25, -0.2) is 4.79 Å². The van der Waals surface area contributed by atoms with Crippen molar-refractivity contribution in [2.45, 2.75) is 9.79 Å². The lowest BCUT2D eigenvalue weighted by molar-refractivity contribution is 0.689. The molecule has 0 aliphatic rings.